The van der Waals surface area contributed by atoms with E-state index in [2.05, 4.69) is 15.3 Å². The number of carbonyl (C=O) groups excluding carboxylic acids is 1. The van der Waals surface area contributed by atoms with Crippen molar-refractivity contribution in [2.24, 2.45) is 5.73 Å². The number of halogens is 4. The summed E-state index contributed by atoms with van der Waals surface area (Å²) in [6.07, 6.45) is 1.55. The average molecular weight is 459 g/mol. The number of nitrogens with zero attached hydrogens (tertiary/aromatic N) is 5. The third-order valence-corrected chi connectivity index (χ3v) is 5.54. The predicted molar refractivity (Wildman–Crippen MR) is 106 cm³/mol. The van der Waals surface area contributed by atoms with Crippen LogP contribution >= 0.6 is 23.7 Å². The van der Waals surface area contributed by atoms with Crippen LogP contribution in [0.25, 0.3) is 10.7 Å². The van der Waals surface area contributed by atoms with Gasteiger partial charge in [-0.2, -0.15) is 0 Å². The predicted octanol–water partition coefficient (Wildman–Crippen LogP) is 2.54. The van der Waals surface area contributed by atoms with Gasteiger partial charge in [-0.1, -0.05) is 5.21 Å². The summed E-state index contributed by atoms with van der Waals surface area (Å²) < 4.78 is 42.0. The van der Waals surface area contributed by atoms with Crippen LogP contribution < -0.4 is 5.73 Å². The van der Waals surface area contributed by atoms with Crippen molar-refractivity contribution in [3.05, 3.63) is 52.4 Å². The second-order valence-electron chi connectivity index (χ2n) is 6.79. The quantitative estimate of drug-likeness (QED) is 0.593. The maximum atomic E-state index is 13.8. The third-order valence-electron chi connectivity index (χ3n) is 4.76. The fraction of sp³-hybridized carbons (Fsp3) is 0.333. The number of aromatic nitrogens is 4. The van der Waals surface area contributed by atoms with Crippen LogP contribution in [0.15, 0.2) is 23.7 Å². The van der Waals surface area contributed by atoms with Gasteiger partial charge in [0.2, 0.25) is 5.91 Å². The molecule has 0 radical (unpaired) electrons. The Morgan fingerprint density at radius 2 is 1.97 bits per heavy atom. The average Bonchev–Trinajstić information content (AvgIpc) is 3.34. The van der Waals surface area contributed by atoms with Crippen molar-refractivity contribution in [2.45, 2.75) is 32.0 Å². The van der Waals surface area contributed by atoms with Gasteiger partial charge in [0.15, 0.2) is 11.6 Å². The Balaban J connectivity index is 0.00000256. The van der Waals surface area contributed by atoms with Crippen LogP contribution in [0.3, 0.4) is 0 Å². The standard InChI is InChI=1S/C18H17F3N6OS.ClH/c19-12-8-14(21)13(20)6-10(12)5-11(22)7-16(28)26-2-3-27-15(9-26)17(24-25-27)18-23-1-4-29-18;/h1,4,6,8,11H,2-3,5,7,9,22H2;1H/t11-;/m1./s1. The van der Waals surface area contributed by atoms with E-state index >= 15 is 0 Å². The normalized spacial score (nSPS) is 14.2. The Bertz CT molecular complexity index is 1040. The summed E-state index contributed by atoms with van der Waals surface area (Å²) in [6, 6.07) is 0.531. The van der Waals surface area contributed by atoms with Crippen LogP contribution in [-0.4, -0.2) is 43.4 Å². The summed E-state index contributed by atoms with van der Waals surface area (Å²) in [5.41, 5.74) is 7.36. The lowest BCUT2D eigenvalue weighted by Crippen LogP contribution is -2.41. The summed E-state index contributed by atoms with van der Waals surface area (Å²) >= 11 is 1.44. The number of thiazole rings is 1. The molecule has 0 unspecified atom stereocenters. The number of hydrogen-bond acceptors (Lipinski definition) is 6. The molecule has 2 N–H and O–H groups in total. The summed E-state index contributed by atoms with van der Waals surface area (Å²) in [5.74, 6) is -3.50. The van der Waals surface area contributed by atoms with Crippen LogP contribution in [0.1, 0.15) is 17.7 Å². The summed E-state index contributed by atoms with van der Waals surface area (Å²) in [5, 5.41) is 10.8. The zero-order valence-corrected chi connectivity index (χ0v) is 17.2. The molecule has 0 fully saturated rings. The molecule has 3 heterocycles. The molecular formula is C18H18ClF3N6OS. The minimum Gasteiger partial charge on any atom is -0.335 e. The summed E-state index contributed by atoms with van der Waals surface area (Å²) in [7, 11) is 0. The molecule has 30 heavy (non-hydrogen) atoms. The van der Waals surface area contributed by atoms with E-state index in [-0.39, 0.29) is 36.7 Å². The number of fused-ring (bicyclic) bond motifs is 1. The maximum absolute atomic E-state index is 13.8. The van der Waals surface area contributed by atoms with Crippen molar-refractivity contribution in [1.82, 2.24) is 24.9 Å². The highest BCUT2D eigenvalue weighted by Gasteiger charge is 2.27. The van der Waals surface area contributed by atoms with Gasteiger partial charge in [-0.15, -0.1) is 28.8 Å². The van der Waals surface area contributed by atoms with E-state index in [0.29, 0.717) is 31.4 Å². The first kappa shape index (κ1) is 22.2. The van der Waals surface area contributed by atoms with Crippen LogP contribution in [0.5, 0.6) is 0 Å². The zero-order chi connectivity index (χ0) is 20.5. The van der Waals surface area contributed by atoms with Gasteiger partial charge in [0.1, 0.15) is 16.5 Å². The molecule has 4 rings (SSSR count). The number of hydrogen-bond donors (Lipinski definition) is 1. The second-order valence-corrected chi connectivity index (χ2v) is 7.68. The summed E-state index contributed by atoms with van der Waals surface area (Å²) in [6.45, 7) is 1.25. The Kier molecular flexibility index (Phi) is 6.74. The molecule has 1 atom stereocenters. The Morgan fingerprint density at radius 1 is 1.20 bits per heavy atom. The van der Waals surface area contributed by atoms with Crippen molar-refractivity contribution in [3.8, 4) is 10.7 Å². The molecule has 0 saturated carbocycles. The minimum absolute atomic E-state index is 0. The Morgan fingerprint density at radius 3 is 2.70 bits per heavy atom. The van der Waals surface area contributed by atoms with E-state index < -0.39 is 23.5 Å². The second kappa shape index (κ2) is 9.11. The summed E-state index contributed by atoms with van der Waals surface area (Å²) in [4.78, 5) is 18.6. The number of benzene rings is 1. The van der Waals surface area contributed by atoms with E-state index in [1.165, 1.54) is 11.3 Å². The van der Waals surface area contributed by atoms with Gasteiger partial charge in [-0.05, 0) is 18.1 Å². The molecule has 0 spiro atoms. The van der Waals surface area contributed by atoms with Crippen molar-refractivity contribution < 1.29 is 18.0 Å². The largest absolute Gasteiger partial charge is 0.335 e. The van der Waals surface area contributed by atoms with E-state index in [4.69, 9.17) is 5.73 Å². The van der Waals surface area contributed by atoms with Gasteiger partial charge in [0.25, 0.3) is 0 Å². The van der Waals surface area contributed by atoms with Gasteiger partial charge < -0.3 is 10.6 Å². The number of rotatable bonds is 5. The van der Waals surface area contributed by atoms with Gasteiger partial charge in [0, 0.05) is 36.7 Å². The monoisotopic (exact) mass is 458 g/mol. The Hall–Kier alpha value is -2.50. The molecule has 0 bridgehead atoms. The number of amides is 1. The minimum atomic E-state index is -1.26. The van der Waals surface area contributed by atoms with E-state index in [0.717, 1.165) is 16.8 Å². The molecule has 3 aromatic rings. The first-order valence-electron chi connectivity index (χ1n) is 8.91. The number of nitrogens with two attached hydrogens (primary N) is 1. The first-order valence-corrected chi connectivity index (χ1v) is 9.79. The smallest absolute Gasteiger partial charge is 0.224 e. The molecule has 0 aliphatic carbocycles. The Labute approximate surface area is 180 Å². The fourth-order valence-corrected chi connectivity index (χ4v) is 3.93. The van der Waals surface area contributed by atoms with Crippen molar-refractivity contribution in [3.63, 3.8) is 0 Å². The molecule has 2 aromatic heterocycles. The highest BCUT2D eigenvalue weighted by molar-refractivity contribution is 7.13. The highest BCUT2D eigenvalue weighted by atomic mass is 35.5. The van der Waals surface area contributed by atoms with E-state index in [1.807, 2.05) is 5.38 Å². The van der Waals surface area contributed by atoms with Gasteiger partial charge in [-0.25, -0.2) is 22.8 Å². The van der Waals surface area contributed by atoms with Crippen LogP contribution in [0, 0.1) is 17.5 Å². The molecule has 1 aliphatic rings. The first-order chi connectivity index (χ1) is 13.9. The molecule has 7 nitrogen and oxygen atoms in total. The SMILES string of the molecule is Cl.N[C@@H](CC(=O)N1CCn2nnc(-c3nccs3)c2C1)Cc1cc(F)c(F)cc1F. The zero-order valence-electron chi connectivity index (χ0n) is 15.6. The van der Waals surface area contributed by atoms with Gasteiger partial charge in [-0.3, -0.25) is 4.79 Å². The van der Waals surface area contributed by atoms with E-state index in [9.17, 15) is 18.0 Å². The molecule has 12 heteroatoms. The van der Waals surface area contributed by atoms with Crippen LogP contribution in [0.4, 0.5) is 13.2 Å². The van der Waals surface area contributed by atoms with Gasteiger partial charge >= 0.3 is 0 Å². The lowest BCUT2D eigenvalue weighted by atomic mass is 10.0. The van der Waals surface area contributed by atoms with Crippen LogP contribution in [-0.2, 0) is 24.3 Å². The molecule has 160 valence electrons. The van der Waals surface area contributed by atoms with Gasteiger partial charge in [0.05, 0.1) is 18.8 Å². The number of carbonyl (C=O) groups is 1. The molecule has 0 saturated heterocycles. The lowest BCUT2D eigenvalue weighted by Gasteiger charge is -2.28. The van der Waals surface area contributed by atoms with E-state index in [1.54, 1.807) is 15.8 Å². The fourth-order valence-electron chi connectivity index (χ4n) is 3.29. The topological polar surface area (TPSA) is 89.9 Å². The third kappa shape index (κ3) is 4.47. The van der Waals surface area contributed by atoms with Crippen molar-refractivity contribution >= 4 is 29.7 Å². The van der Waals surface area contributed by atoms with Crippen LogP contribution in [0.2, 0.25) is 0 Å². The van der Waals surface area contributed by atoms with Crippen molar-refractivity contribution in [1.29, 1.82) is 0 Å². The lowest BCUT2D eigenvalue weighted by molar-refractivity contribution is -0.133. The van der Waals surface area contributed by atoms with Crippen molar-refractivity contribution in [2.75, 3.05) is 6.54 Å². The molecule has 1 aliphatic heterocycles. The molecular weight excluding hydrogens is 441 g/mol. The molecule has 1 aromatic carbocycles. The maximum Gasteiger partial charge on any atom is 0.224 e. The molecule has 1 amide bonds. The highest BCUT2D eigenvalue weighted by Crippen LogP contribution is 2.26.